The van der Waals surface area contributed by atoms with Gasteiger partial charge in [-0.05, 0) is 37.1 Å². The molecule has 1 saturated carbocycles. The van der Waals surface area contributed by atoms with Crippen LogP contribution < -0.4 is 10.2 Å². The highest BCUT2D eigenvalue weighted by Gasteiger charge is 2.48. The molecule has 2 atom stereocenters. The molecule has 1 aromatic carbocycles. The Kier molecular flexibility index (Phi) is 4.72. The zero-order valence-corrected chi connectivity index (χ0v) is 15.3. The number of carbonyl (C=O) groups excluding carboxylic acids is 4. The minimum absolute atomic E-state index is 0.0558. The van der Waals surface area contributed by atoms with Gasteiger partial charge in [-0.3, -0.25) is 29.0 Å². The van der Waals surface area contributed by atoms with Crippen LogP contribution in [0.4, 0.5) is 11.4 Å². The Bertz CT molecular complexity index is 852. The Morgan fingerprint density at radius 2 is 1.57 bits per heavy atom. The third kappa shape index (κ3) is 2.99. The Balaban J connectivity index is 1.48. The van der Waals surface area contributed by atoms with Crippen LogP contribution in [0.15, 0.2) is 36.0 Å². The molecule has 3 aliphatic rings. The number of rotatable bonds is 5. The molecular formula is C20H21N3O5. The van der Waals surface area contributed by atoms with E-state index < -0.39 is 11.8 Å². The van der Waals surface area contributed by atoms with Crippen LogP contribution in [0.5, 0.6) is 0 Å². The number of β-amino-alcohol motifs (C(OH)–C–C–N with tert-alkyl or cyclic N) is 1. The summed E-state index contributed by atoms with van der Waals surface area (Å²) in [5.74, 6) is -1.65. The summed E-state index contributed by atoms with van der Waals surface area (Å²) in [5, 5.41) is 11.8. The van der Waals surface area contributed by atoms with Gasteiger partial charge < -0.3 is 10.4 Å². The molecule has 1 aromatic rings. The van der Waals surface area contributed by atoms with Crippen molar-refractivity contribution in [3.8, 4) is 0 Å². The van der Waals surface area contributed by atoms with E-state index in [1.165, 1.54) is 11.0 Å². The number of nitrogens with one attached hydrogen (secondary N) is 1. The second kappa shape index (κ2) is 7.20. The van der Waals surface area contributed by atoms with E-state index in [1.807, 2.05) is 0 Å². The number of benzene rings is 1. The molecule has 0 spiro atoms. The largest absolute Gasteiger partial charge is 0.395 e. The van der Waals surface area contributed by atoms with Gasteiger partial charge in [-0.2, -0.15) is 0 Å². The number of nitrogens with zero attached hydrogens (tertiary/aromatic N) is 2. The Hall–Kier alpha value is -3.00. The zero-order valence-electron chi connectivity index (χ0n) is 15.3. The van der Waals surface area contributed by atoms with Crippen LogP contribution in [0.2, 0.25) is 0 Å². The lowest BCUT2D eigenvalue weighted by Crippen LogP contribution is -2.34. The molecular weight excluding hydrogens is 362 g/mol. The van der Waals surface area contributed by atoms with Crippen LogP contribution in [-0.2, 0) is 19.2 Å². The smallest absolute Gasteiger partial charge is 0.277 e. The number of amides is 4. The Labute approximate surface area is 161 Å². The van der Waals surface area contributed by atoms with E-state index in [2.05, 4.69) is 5.32 Å². The van der Waals surface area contributed by atoms with Crippen LogP contribution in [-0.4, -0.2) is 46.8 Å². The van der Waals surface area contributed by atoms with Gasteiger partial charge in [-0.1, -0.05) is 12.8 Å². The van der Waals surface area contributed by atoms with Gasteiger partial charge in [-0.15, -0.1) is 0 Å². The van der Waals surface area contributed by atoms with Gasteiger partial charge in [0.25, 0.3) is 11.8 Å². The molecule has 2 heterocycles. The lowest BCUT2D eigenvalue weighted by molar-refractivity contribution is -0.137. The van der Waals surface area contributed by atoms with Crippen LogP contribution in [0.25, 0.3) is 0 Å². The van der Waals surface area contributed by atoms with Crippen molar-refractivity contribution in [2.75, 3.05) is 23.4 Å². The van der Waals surface area contributed by atoms with E-state index in [4.69, 9.17) is 5.11 Å². The summed E-state index contributed by atoms with van der Waals surface area (Å²) in [6, 6.07) is 6.63. The van der Waals surface area contributed by atoms with Crippen LogP contribution in [0.3, 0.4) is 0 Å². The fourth-order valence-corrected chi connectivity index (χ4v) is 4.18. The average molecular weight is 383 g/mol. The third-order valence-corrected chi connectivity index (χ3v) is 5.58. The second-order valence-electron chi connectivity index (χ2n) is 7.26. The van der Waals surface area contributed by atoms with Gasteiger partial charge in [-0.25, -0.2) is 0 Å². The maximum atomic E-state index is 12.7. The fraction of sp³-hybridized carbons (Fsp3) is 0.400. The van der Waals surface area contributed by atoms with Crippen molar-refractivity contribution in [1.29, 1.82) is 0 Å². The van der Waals surface area contributed by atoms with Gasteiger partial charge in [0.05, 0.1) is 30.7 Å². The number of fused-ring (bicyclic) bond motifs is 1. The van der Waals surface area contributed by atoms with Crippen molar-refractivity contribution in [3.63, 3.8) is 0 Å². The molecule has 0 aromatic heterocycles. The van der Waals surface area contributed by atoms with E-state index in [-0.39, 0.29) is 42.5 Å². The topological polar surface area (TPSA) is 107 Å². The summed E-state index contributed by atoms with van der Waals surface area (Å²) in [6.07, 6.45) is 4.67. The van der Waals surface area contributed by atoms with E-state index in [9.17, 15) is 19.2 Å². The first-order valence-corrected chi connectivity index (χ1v) is 9.44. The molecule has 28 heavy (non-hydrogen) atoms. The molecule has 4 rings (SSSR count). The zero-order chi connectivity index (χ0) is 19.8. The van der Waals surface area contributed by atoms with E-state index in [1.54, 1.807) is 24.3 Å². The predicted molar refractivity (Wildman–Crippen MR) is 99.9 cm³/mol. The molecule has 0 bridgehead atoms. The van der Waals surface area contributed by atoms with Gasteiger partial charge in [0, 0.05) is 11.8 Å². The molecule has 2 fully saturated rings. The number of imide groups is 2. The van der Waals surface area contributed by atoms with Crippen molar-refractivity contribution in [1.82, 2.24) is 4.90 Å². The van der Waals surface area contributed by atoms with E-state index >= 15 is 0 Å². The lowest BCUT2D eigenvalue weighted by Gasteiger charge is -2.19. The van der Waals surface area contributed by atoms with Crippen LogP contribution in [0.1, 0.15) is 25.7 Å². The molecule has 4 amide bonds. The summed E-state index contributed by atoms with van der Waals surface area (Å²) >= 11 is 0. The minimum atomic E-state index is -0.503. The second-order valence-corrected chi connectivity index (χ2v) is 7.26. The van der Waals surface area contributed by atoms with Gasteiger partial charge in [0.15, 0.2) is 0 Å². The first-order chi connectivity index (χ1) is 13.5. The number of aliphatic hydroxyl groups excluding tert-OH is 1. The fourth-order valence-electron chi connectivity index (χ4n) is 4.18. The molecule has 2 unspecified atom stereocenters. The highest BCUT2D eigenvalue weighted by molar-refractivity contribution is 6.22. The average Bonchev–Trinajstić information content (AvgIpc) is 3.11. The van der Waals surface area contributed by atoms with Crippen LogP contribution in [0, 0.1) is 11.8 Å². The first kappa shape index (κ1) is 18.4. The van der Waals surface area contributed by atoms with Crippen molar-refractivity contribution >= 4 is 35.0 Å². The number of carbonyl (C=O) groups is 4. The monoisotopic (exact) mass is 383 g/mol. The Morgan fingerprint density at radius 3 is 2.14 bits per heavy atom. The van der Waals surface area contributed by atoms with Crippen molar-refractivity contribution in [2.24, 2.45) is 11.8 Å². The number of anilines is 2. The lowest BCUT2D eigenvalue weighted by atomic mass is 9.81. The quantitative estimate of drug-likeness (QED) is 0.736. The SMILES string of the molecule is O=C1C=C(Nc2ccc(N3C(=O)C4CCCCC4C3=O)cc2)C(=O)N1CCO. The molecule has 8 heteroatoms. The molecule has 1 aliphatic carbocycles. The van der Waals surface area contributed by atoms with Gasteiger partial charge in [0.1, 0.15) is 5.70 Å². The predicted octanol–water partition coefficient (Wildman–Crippen LogP) is 1.02. The standard InChI is InChI=1S/C20H21N3O5/c24-10-9-22-17(25)11-16(20(22)28)21-12-5-7-13(8-6-12)23-18(26)14-3-1-2-4-15(14)19(23)27/h5-8,11,14-15,21,24H,1-4,9-10H2. The van der Waals surface area contributed by atoms with Gasteiger partial charge >= 0.3 is 0 Å². The number of aliphatic hydroxyl groups is 1. The highest BCUT2D eigenvalue weighted by Crippen LogP contribution is 2.40. The van der Waals surface area contributed by atoms with E-state index in [0.29, 0.717) is 11.4 Å². The van der Waals surface area contributed by atoms with Crippen molar-refractivity contribution in [3.05, 3.63) is 36.0 Å². The Morgan fingerprint density at radius 1 is 0.964 bits per heavy atom. The summed E-state index contributed by atoms with van der Waals surface area (Å²) in [5.41, 5.74) is 1.18. The minimum Gasteiger partial charge on any atom is -0.395 e. The third-order valence-electron chi connectivity index (χ3n) is 5.58. The van der Waals surface area contributed by atoms with Crippen LogP contribution >= 0.6 is 0 Å². The maximum absolute atomic E-state index is 12.7. The molecule has 2 N–H and O–H groups in total. The summed E-state index contributed by atoms with van der Waals surface area (Å²) < 4.78 is 0. The summed E-state index contributed by atoms with van der Waals surface area (Å²) in [4.78, 5) is 51.5. The molecule has 8 nitrogen and oxygen atoms in total. The first-order valence-electron chi connectivity index (χ1n) is 9.44. The highest BCUT2D eigenvalue weighted by atomic mass is 16.3. The molecule has 1 saturated heterocycles. The van der Waals surface area contributed by atoms with Crippen molar-refractivity contribution in [2.45, 2.75) is 25.7 Å². The maximum Gasteiger partial charge on any atom is 0.277 e. The number of hydrogen-bond acceptors (Lipinski definition) is 6. The summed E-state index contributed by atoms with van der Waals surface area (Å²) in [6.45, 7) is -0.354. The summed E-state index contributed by atoms with van der Waals surface area (Å²) in [7, 11) is 0. The molecule has 2 aliphatic heterocycles. The normalized spacial score (nSPS) is 24.7. The number of hydrogen-bond donors (Lipinski definition) is 2. The molecule has 0 radical (unpaired) electrons. The molecule has 146 valence electrons. The van der Waals surface area contributed by atoms with Gasteiger partial charge in [0.2, 0.25) is 11.8 Å². The van der Waals surface area contributed by atoms with Crippen molar-refractivity contribution < 1.29 is 24.3 Å². The van der Waals surface area contributed by atoms with E-state index in [0.717, 1.165) is 30.6 Å².